The van der Waals surface area contributed by atoms with Crippen molar-refractivity contribution in [3.8, 4) is 0 Å². The Balaban J connectivity index is 2.09. The van der Waals surface area contributed by atoms with E-state index in [1.807, 2.05) is 4.90 Å². The predicted octanol–water partition coefficient (Wildman–Crippen LogP) is 0.546. The second-order valence-corrected chi connectivity index (χ2v) is 9.09. The van der Waals surface area contributed by atoms with Gasteiger partial charge in [-0.2, -0.15) is 0 Å². The summed E-state index contributed by atoms with van der Waals surface area (Å²) in [5, 5.41) is 3.32. The monoisotopic (exact) mass is 374 g/mol. The molecule has 1 atom stereocenters. The van der Waals surface area contributed by atoms with Crippen LogP contribution in [0.15, 0.2) is 24.3 Å². The number of hydrogen-bond donors (Lipinski definition) is 2. The Hall–Kier alpha value is -1.25. The molecule has 0 bridgehead atoms. The van der Waals surface area contributed by atoms with Gasteiger partial charge in [-0.25, -0.2) is 12.8 Å². The zero-order chi connectivity index (χ0) is 17.7. The minimum Gasteiger partial charge on any atom is -0.345 e. The topological polar surface area (TPSA) is 53.9 Å². The van der Waals surface area contributed by atoms with Gasteiger partial charge in [-0.1, -0.05) is 12.1 Å². The van der Waals surface area contributed by atoms with E-state index in [2.05, 4.69) is 19.4 Å². The van der Waals surface area contributed by atoms with Crippen LogP contribution >= 0.6 is 12.2 Å². The van der Waals surface area contributed by atoms with Gasteiger partial charge in [0, 0.05) is 19.0 Å². The molecule has 1 aromatic rings. The van der Waals surface area contributed by atoms with Gasteiger partial charge in [0.2, 0.25) is 0 Å². The van der Waals surface area contributed by atoms with Crippen LogP contribution in [0.4, 0.5) is 10.1 Å². The summed E-state index contributed by atoms with van der Waals surface area (Å²) >= 11 is 5.45. The second-order valence-electron chi connectivity index (χ2n) is 6.47. The summed E-state index contributed by atoms with van der Waals surface area (Å²) < 4.78 is 37.4. The number of hydrogen-bond acceptors (Lipinski definition) is 3. The molecule has 1 aliphatic heterocycles. The molecule has 1 fully saturated rings. The zero-order valence-electron chi connectivity index (χ0n) is 14.1. The minimum absolute atomic E-state index is 0.112. The number of quaternary nitrogens is 1. The normalized spacial score (nSPS) is 19.4. The highest BCUT2D eigenvalue weighted by atomic mass is 32.2. The molecule has 0 aliphatic carbocycles. The van der Waals surface area contributed by atoms with Crippen molar-refractivity contribution in [2.75, 3.05) is 44.0 Å². The van der Waals surface area contributed by atoms with Crippen LogP contribution < -0.4 is 10.2 Å². The standard InChI is InChI=1S/C16H24FN3O2S2/c1-19(2)9-5-10-20(13-8-11-24(21,22)12-13)16(23)18-15-7-4-3-6-14(15)17/h3-4,6-7,13H,5,8-12H2,1-2H3,(H,18,23)/p+1/t13-/m1/s1. The zero-order valence-corrected chi connectivity index (χ0v) is 15.7. The Kier molecular flexibility index (Phi) is 6.54. The highest BCUT2D eigenvalue weighted by Crippen LogP contribution is 2.20. The first-order valence-corrected chi connectivity index (χ1v) is 10.3. The van der Waals surface area contributed by atoms with E-state index in [4.69, 9.17) is 12.2 Å². The maximum atomic E-state index is 13.8. The molecule has 0 saturated carbocycles. The van der Waals surface area contributed by atoms with Crippen molar-refractivity contribution >= 4 is 32.9 Å². The van der Waals surface area contributed by atoms with E-state index < -0.39 is 9.84 Å². The number of para-hydroxylation sites is 1. The van der Waals surface area contributed by atoms with Crippen LogP contribution in [-0.4, -0.2) is 63.2 Å². The molecule has 0 radical (unpaired) electrons. The van der Waals surface area contributed by atoms with Crippen LogP contribution in [0, 0.1) is 5.82 Å². The Morgan fingerprint density at radius 1 is 1.42 bits per heavy atom. The van der Waals surface area contributed by atoms with Crippen molar-refractivity contribution in [2.45, 2.75) is 18.9 Å². The van der Waals surface area contributed by atoms with E-state index in [-0.39, 0.29) is 23.4 Å². The van der Waals surface area contributed by atoms with Gasteiger partial charge in [0.25, 0.3) is 0 Å². The molecular formula is C16H25FN3O2S2+. The lowest BCUT2D eigenvalue weighted by Crippen LogP contribution is -3.05. The SMILES string of the molecule is C[NH+](C)CCCN(C(=S)Nc1ccccc1F)[C@@H]1CCS(=O)(=O)C1. The number of nitrogens with one attached hydrogen (secondary N) is 2. The second kappa shape index (κ2) is 8.22. The smallest absolute Gasteiger partial charge is 0.173 e. The fourth-order valence-corrected chi connectivity index (χ4v) is 4.90. The van der Waals surface area contributed by atoms with Gasteiger partial charge in [0.05, 0.1) is 37.8 Å². The number of halogens is 1. The molecule has 1 aliphatic rings. The Morgan fingerprint density at radius 2 is 2.12 bits per heavy atom. The molecule has 0 spiro atoms. The summed E-state index contributed by atoms with van der Waals surface area (Å²) in [6, 6.07) is 6.19. The molecule has 2 rings (SSSR count). The first-order valence-electron chi connectivity index (χ1n) is 8.10. The minimum atomic E-state index is -3.00. The summed E-state index contributed by atoms with van der Waals surface area (Å²) in [4.78, 5) is 3.23. The fourth-order valence-electron chi connectivity index (χ4n) is 2.82. The van der Waals surface area contributed by atoms with E-state index in [1.54, 1.807) is 18.2 Å². The molecule has 24 heavy (non-hydrogen) atoms. The summed E-state index contributed by atoms with van der Waals surface area (Å²) in [7, 11) is 1.13. The van der Waals surface area contributed by atoms with Crippen LogP contribution in [0.3, 0.4) is 0 Å². The third kappa shape index (κ3) is 5.39. The van der Waals surface area contributed by atoms with Crippen LogP contribution in [-0.2, 0) is 9.84 Å². The average molecular weight is 375 g/mol. The third-order valence-electron chi connectivity index (χ3n) is 4.10. The molecule has 1 aromatic carbocycles. The molecule has 0 aromatic heterocycles. The van der Waals surface area contributed by atoms with Gasteiger partial charge in [-0.05, 0) is 30.8 Å². The van der Waals surface area contributed by atoms with Crippen LogP contribution in [0.2, 0.25) is 0 Å². The molecule has 1 heterocycles. The van der Waals surface area contributed by atoms with E-state index in [9.17, 15) is 12.8 Å². The van der Waals surface area contributed by atoms with Crippen molar-refractivity contribution in [3.63, 3.8) is 0 Å². The lowest BCUT2D eigenvalue weighted by molar-refractivity contribution is -0.858. The van der Waals surface area contributed by atoms with Gasteiger partial charge >= 0.3 is 0 Å². The molecule has 2 N–H and O–H groups in total. The van der Waals surface area contributed by atoms with Crippen molar-refractivity contribution in [1.29, 1.82) is 0 Å². The largest absolute Gasteiger partial charge is 0.345 e. The molecule has 0 amide bonds. The lowest BCUT2D eigenvalue weighted by Gasteiger charge is -2.31. The number of anilines is 1. The number of nitrogens with zero attached hydrogens (tertiary/aromatic N) is 1. The highest BCUT2D eigenvalue weighted by Gasteiger charge is 2.33. The fraction of sp³-hybridized carbons (Fsp3) is 0.562. The number of rotatable bonds is 6. The molecule has 134 valence electrons. The van der Waals surface area contributed by atoms with Crippen molar-refractivity contribution in [2.24, 2.45) is 0 Å². The number of sulfone groups is 1. The first kappa shape index (κ1) is 19.1. The highest BCUT2D eigenvalue weighted by molar-refractivity contribution is 7.91. The van der Waals surface area contributed by atoms with Crippen LogP contribution in [0.25, 0.3) is 0 Å². The number of thiocarbonyl (C=S) groups is 1. The Bertz CT molecular complexity index is 680. The van der Waals surface area contributed by atoms with Gasteiger partial charge < -0.3 is 15.1 Å². The molecule has 8 heteroatoms. The summed E-state index contributed by atoms with van der Waals surface area (Å²) in [5.74, 6) is -0.0763. The quantitative estimate of drug-likeness (QED) is 0.712. The van der Waals surface area contributed by atoms with Crippen LogP contribution in [0.1, 0.15) is 12.8 Å². The molecular weight excluding hydrogens is 349 g/mol. The molecule has 0 unspecified atom stereocenters. The van der Waals surface area contributed by atoms with Crippen molar-refractivity contribution in [3.05, 3.63) is 30.1 Å². The summed E-state index contributed by atoms with van der Waals surface area (Å²) in [6.07, 6.45) is 1.45. The maximum absolute atomic E-state index is 13.8. The maximum Gasteiger partial charge on any atom is 0.173 e. The van der Waals surface area contributed by atoms with E-state index in [1.165, 1.54) is 11.0 Å². The van der Waals surface area contributed by atoms with Gasteiger partial charge in [-0.15, -0.1) is 0 Å². The average Bonchev–Trinajstić information content (AvgIpc) is 2.85. The van der Waals surface area contributed by atoms with Crippen molar-refractivity contribution in [1.82, 2.24) is 4.90 Å². The molecule has 1 saturated heterocycles. The van der Waals surface area contributed by atoms with Gasteiger partial charge in [0.1, 0.15) is 5.82 Å². The van der Waals surface area contributed by atoms with Gasteiger partial charge in [-0.3, -0.25) is 0 Å². The van der Waals surface area contributed by atoms with E-state index >= 15 is 0 Å². The summed E-state index contributed by atoms with van der Waals surface area (Å²) in [6.45, 7) is 1.62. The first-order chi connectivity index (χ1) is 11.3. The predicted molar refractivity (Wildman–Crippen MR) is 98.7 cm³/mol. The lowest BCUT2D eigenvalue weighted by atomic mass is 10.2. The van der Waals surface area contributed by atoms with Crippen molar-refractivity contribution < 1.29 is 17.7 Å². The van der Waals surface area contributed by atoms with E-state index in [0.29, 0.717) is 23.8 Å². The van der Waals surface area contributed by atoms with Gasteiger partial charge in [0.15, 0.2) is 14.9 Å². The third-order valence-corrected chi connectivity index (χ3v) is 6.19. The van der Waals surface area contributed by atoms with E-state index in [0.717, 1.165) is 13.0 Å². The Morgan fingerprint density at radius 3 is 2.71 bits per heavy atom. The van der Waals surface area contributed by atoms with Crippen LogP contribution in [0.5, 0.6) is 0 Å². The summed E-state index contributed by atoms with van der Waals surface area (Å²) in [5.41, 5.74) is 0.312. The molecule has 5 nitrogen and oxygen atoms in total. The number of benzene rings is 1. The Labute approximate surface area is 148 Å².